The van der Waals surface area contributed by atoms with E-state index in [2.05, 4.69) is 11.9 Å². The van der Waals surface area contributed by atoms with E-state index in [4.69, 9.17) is 4.74 Å². The van der Waals surface area contributed by atoms with Gasteiger partial charge in [-0.1, -0.05) is 24.8 Å². The molecule has 1 amide bonds. The molecule has 6 nitrogen and oxygen atoms in total. The number of ether oxygens (including phenoxy) is 1. The fraction of sp³-hybridized carbons (Fsp3) is 0.381. The van der Waals surface area contributed by atoms with Gasteiger partial charge in [-0.25, -0.2) is 4.79 Å². The van der Waals surface area contributed by atoms with Crippen LogP contribution in [0.1, 0.15) is 25.3 Å². The monoisotopic (exact) mass is 366 g/mol. The number of Topliss-reactive ketones (excluding diaryl/α,β-unsaturated/α-hetero) is 1. The van der Waals surface area contributed by atoms with Crippen molar-refractivity contribution in [2.24, 2.45) is 5.92 Å². The van der Waals surface area contributed by atoms with Gasteiger partial charge in [-0.05, 0) is 37.5 Å². The third-order valence-electron chi connectivity index (χ3n) is 6.22. The number of likely N-dealkylation sites (tertiary alicyclic amines) is 1. The molecule has 27 heavy (non-hydrogen) atoms. The van der Waals surface area contributed by atoms with Crippen molar-refractivity contribution in [1.82, 2.24) is 4.90 Å². The molecule has 1 fully saturated rings. The van der Waals surface area contributed by atoms with Crippen LogP contribution in [0.25, 0.3) is 0 Å². The maximum Gasteiger partial charge on any atom is 0.335 e. The average Bonchev–Trinajstić information content (AvgIpc) is 3.23. The Bertz CT molecular complexity index is 903. The first-order chi connectivity index (χ1) is 13.0. The van der Waals surface area contributed by atoms with Crippen molar-refractivity contribution in [3.05, 3.63) is 53.8 Å². The van der Waals surface area contributed by atoms with Crippen molar-refractivity contribution in [1.29, 1.82) is 0 Å². The van der Waals surface area contributed by atoms with Crippen LogP contribution >= 0.6 is 0 Å². The maximum absolute atomic E-state index is 12.6. The highest BCUT2D eigenvalue weighted by Gasteiger charge is 2.62. The van der Waals surface area contributed by atoms with Crippen LogP contribution in [0.3, 0.4) is 0 Å². The molecule has 0 unspecified atom stereocenters. The number of carbonyl (C=O) groups is 3. The number of nitrogens with one attached hydrogen (secondary N) is 1. The quantitative estimate of drug-likeness (QED) is 0.655. The summed E-state index contributed by atoms with van der Waals surface area (Å²) in [5.74, 6) is -1.12. The Balaban J connectivity index is 2.00. The number of benzene rings is 1. The highest BCUT2D eigenvalue weighted by Crippen LogP contribution is 2.59. The minimum Gasteiger partial charge on any atom is -0.466 e. The normalized spacial score (nSPS) is 28.0. The van der Waals surface area contributed by atoms with Gasteiger partial charge in [-0.2, -0.15) is 0 Å². The van der Waals surface area contributed by atoms with Gasteiger partial charge in [0.25, 0.3) is 0 Å². The van der Waals surface area contributed by atoms with Crippen LogP contribution in [0.15, 0.2) is 48.2 Å². The Labute approximate surface area is 157 Å². The van der Waals surface area contributed by atoms with Gasteiger partial charge >= 0.3 is 5.97 Å². The number of para-hydroxylation sites is 1. The molecule has 0 radical (unpaired) electrons. The number of anilines is 1. The van der Waals surface area contributed by atoms with Crippen LogP contribution in [-0.2, 0) is 24.5 Å². The topological polar surface area (TPSA) is 75.7 Å². The van der Waals surface area contributed by atoms with Crippen LogP contribution in [-0.4, -0.2) is 42.3 Å². The Morgan fingerprint density at radius 2 is 2.07 bits per heavy atom. The third-order valence-corrected chi connectivity index (χ3v) is 6.22. The van der Waals surface area contributed by atoms with Crippen molar-refractivity contribution >= 4 is 23.3 Å². The van der Waals surface area contributed by atoms with Gasteiger partial charge in [0.15, 0.2) is 0 Å². The summed E-state index contributed by atoms with van der Waals surface area (Å²) in [6.45, 7) is 5.66. The summed E-state index contributed by atoms with van der Waals surface area (Å²) in [5, 5.41) is 3.40. The van der Waals surface area contributed by atoms with Gasteiger partial charge in [0, 0.05) is 23.8 Å². The molecule has 1 spiro atoms. The summed E-state index contributed by atoms with van der Waals surface area (Å²) >= 11 is 0. The zero-order valence-corrected chi connectivity index (χ0v) is 15.5. The number of ketones is 1. The number of fused-ring (bicyclic) bond motifs is 1. The van der Waals surface area contributed by atoms with Crippen LogP contribution in [0.2, 0.25) is 0 Å². The van der Waals surface area contributed by atoms with Crippen LogP contribution in [0, 0.1) is 5.92 Å². The Hall–Kier alpha value is -2.89. The number of hydrogen-bond acceptors (Lipinski definition) is 5. The van der Waals surface area contributed by atoms with Crippen LogP contribution < -0.4 is 5.32 Å². The van der Waals surface area contributed by atoms with Crippen molar-refractivity contribution < 1.29 is 19.1 Å². The van der Waals surface area contributed by atoms with E-state index in [1.54, 1.807) is 4.90 Å². The molecular formula is C21H22N2O4. The molecule has 1 aromatic carbocycles. The predicted molar refractivity (Wildman–Crippen MR) is 99.9 cm³/mol. The molecular weight excluding hydrogens is 344 g/mol. The summed E-state index contributed by atoms with van der Waals surface area (Å²) in [6.07, 6.45) is 2.19. The zero-order chi connectivity index (χ0) is 19.3. The van der Waals surface area contributed by atoms with Crippen LogP contribution in [0.4, 0.5) is 5.69 Å². The molecule has 3 atom stereocenters. The lowest BCUT2D eigenvalue weighted by atomic mass is 9.62. The highest BCUT2D eigenvalue weighted by molar-refractivity contribution is 5.96. The average molecular weight is 366 g/mol. The molecule has 0 bridgehead atoms. The smallest absolute Gasteiger partial charge is 0.335 e. The number of carbonyl (C=O) groups excluding carboxylic acids is 3. The van der Waals surface area contributed by atoms with E-state index in [-0.39, 0.29) is 24.2 Å². The summed E-state index contributed by atoms with van der Waals surface area (Å²) in [6, 6.07) is 7.50. The number of methoxy groups -OCH3 is 1. The molecule has 2 heterocycles. The van der Waals surface area contributed by atoms with Gasteiger partial charge in [-0.3, -0.25) is 9.59 Å². The second kappa shape index (κ2) is 6.08. The maximum atomic E-state index is 12.6. The molecule has 1 aliphatic carbocycles. The van der Waals surface area contributed by atoms with E-state index >= 15 is 0 Å². The highest BCUT2D eigenvalue weighted by atomic mass is 16.5. The molecule has 1 saturated heterocycles. The van der Waals surface area contributed by atoms with Gasteiger partial charge in [0.1, 0.15) is 5.78 Å². The Morgan fingerprint density at radius 1 is 1.33 bits per heavy atom. The summed E-state index contributed by atoms with van der Waals surface area (Å²) in [4.78, 5) is 39.5. The minimum absolute atomic E-state index is 0.0343. The molecule has 3 aliphatic rings. The fourth-order valence-electron chi connectivity index (χ4n) is 5.16. The minimum atomic E-state index is -0.604. The van der Waals surface area contributed by atoms with Crippen LogP contribution in [0.5, 0.6) is 0 Å². The lowest BCUT2D eigenvalue weighted by Crippen LogP contribution is -2.54. The predicted octanol–water partition coefficient (Wildman–Crippen LogP) is 2.17. The number of amides is 1. The van der Waals surface area contributed by atoms with E-state index in [1.807, 2.05) is 24.3 Å². The first kappa shape index (κ1) is 17.5. The number of nitrogens with zero attached hydrogens (tertiary/aromatic N) is 1. The van der Waals surface area contributed by atoms with Crippen molar-refractivity contribution in [2.45, 2.75) is 31.2 Å². The van der Waals surface area contributed by atoms with Crippen molar-refractivity contribution in [3.63, 3.8) is 0 Å². The molecule has 1 aromatic rings. The van der Waals surface area contributed by atoms with Crippen molar-refractivity contribution in [3.8, 4) is 0 Å². The Morgan fingerprint density at radius 3 is 2.74 bits per heavy atom. The molecule has 4 rings (SSSR count). The van der Waals surface area contributed by atoms with Gasteiger partial charge in [0.05, 0.1) is 24.1 Å². The van der Waals surface area contributed by atoms with Crippen molar-refractivity contribution in [2.75, 3.05) is 19.0 Å². The molecule has 0 saturated carbocycles. The van der Waals surface area contributed by atoms with Gasteiger partial charge in [-0.15, -0.1) is 0 Å². The third kappa shape index (κ3) is 2.22. The molecule has 140 valence electrons. The number of esters is 1. The first-order valence-corrected chi connectivity index (χ1v) is 9.07. The van der Waals surface area contributed by atoms with Gasteiger partial charge in [0.2, 0.25) is 5.91 Å². The molecule has 1 N–H and O–H groups in total. The Kier molecular flexibility index (Phi) is 3.94. The standard InChI is InChI=1S/C21H22N2O4/c1-4-17(25)23-10-9-21-15-7-5-6-8-16(15)22-18(21)14(20(26)27-3)11-13(12(2)24)19(21)23/h4-8,13,19,22H,1,9-11H2,2-3H3/t13-,19-,21-/m1/s1. The van der Waals surface area contributed by atoms with E-state index in [0.29, 0.717) is 18.5 Å². The number of rotatable bonds is 3. The largest absolute Gasteiger partial charge is 0.466 e. The molecule has 0 aromatic heterocycles. The number of hydrogen-bond donors (Lipinski definition) is 1. The summed E-state index contributed by atoms with van der Waals surface area (Å²) in [5.41, 5.74) is 2.61. The van der Waals surface area contributed by atoms with E-state index in [9.17, 15) is 14.4 Å². The lowest BCUT2D eigenvalue weighted by molar-refractivity contribution is -0.137. The van der Waals surface area contributed by atoms with E-state index in [0.717, 1.165) is 16.9 Å². The SMILES string of the molecule is C=CC(=O)N1CC[C@@]23C(=C(C(=O)OC)C[C@H](C(C)=O)[C@@H]12)Nc1ccccc13. The van der Waals surface area contributed by atoms with Gasteiger partial charge < -0.3 is 15.0 Å². The fourth-order valence-corrected chi connectivity index (χ4v) is 5.16. The lowest BCUT2D eigenvalue weighted by Gasteiger charge is -2.44. The second-order valence-electron chi connectivity index (χ2n) is 7.34. The second-order valence-corrected chi connectivity index (χ2v) is 7.34. The van der Waals surface area contributed by atoms with E-state index < -0.39 is 17.3 Å². The van der Waals surface area contributed by atoms with E-state index in [1.165, 1.54) is 20.1 Å². The summed E-state index contributed by atoms with van der Waals surface area (Å²) < 4.78 is 5.02. The molecule has 6 heteroatoms. The summed E-state index contributed by atoms with van der Waals surface area (Å²) in [7, 11) is 1.35. The first-order valence-electron chi connectivity index (χ1n) is 9.07. The molecule has 2 aliphatic heterocycles. The zero-order valence-electron chi connectivity index (χ0n) is 15.5.